The molecule has 0 amide bonds. The molecule has 94 valence electrons. The Kier molecular flexibility index (Phi) is 3.27. The molecule has 2 aliphatic rings. The van der Waals surface area contributed by atoms with Crippen LogP contribution in [0.15, 0.2) is 0 Å². The van der Waals surface area contributed by atoms with Crippen molar-refractivity contribution in [2.24, 2.45) is 0 Å². The van der Waals surface area contributed by atoms with Crippen molar-refractivity contribution in [2.45, 2.75) is 25.1 Å². The monoisotopic (exact) mass is 248 g/mol. The summed E-state index contributed by atoms with van der Waals surface area (Å²) in [6.07, 6.45) is -0.708. The number of rotatable bonds is 1. The van der Waals surface area contributed by atoms with Gasteiger partial charge in [0.1, 0.15) is 0 Å². The molecule has 2 rings (SSSR count). The lowest BCUT2D eigenvalue weighted by molar-refractivity contribution is 0.0299. The summed E-state index contributed by atoms with van der Waals surface area (Å²) in [5, 5.41) is 9.79. The number of nitrogens with zero attached hydrogens (tertiary/aromatic N) is 2. The summed E-state index contributed by atoms with van der Waals surface area (Å²) in [6, 6.07) is 0.227. The highest BCUT2D eigenvalue weighted by Gasteiger charge is 2.41. The highest BCUT2D eigenvalue weighted by Crippen LogP contribution is 2.21. The normalized spacial score (nSPS) is 41.3. The first-order valence-electron chi connectivity index (χ1n) is 5.72. The Bertz CT molecular complexity index is 357. The molecule has 1 N–H and O–H groups in total. The molecule has 3 atom stereocenters. The van der Waals surface area contributed by atoms with Crippen LogP contribution in [0.5, 0.6) is 0 Å². The van der Waals surface area contributed by atoms with Gasteiger partial charge in [0.15, 0.2) is 9.84 Å². The van der Waals surface area contributed by atoms with Gasteiger partial charge in [-0.3, -0.25) is 4.90 Å². The lowest BCUT2D eigenvalue weighted by Crippen LogP contribution is -2.56. The Morgan fingerprint density at radius 1 is 1.25 bits per heavy atom. The summed E-state index contributed by atoms with van der Waals surface area (Å²) in [6.45, 7) is 4.75. The van der Waals surface area contributed by atoms with E-state index >= 15 is 0 Å². The SMILES string of the molecule is CC1CN(C2CS(=O)(=O)CC2O)CCN1C. The number of piperazine rings is 1. The van der Waals surface area contributed by atoms with Crippen LogP contribution in [0, 0.1) is 0 Å². The van der Waals surface area contributed by atoms with Crippen molar-refractivity contribution in [2.75, 3.05) is 38.2 Å². The van der Waals surface area contributed by atoms with Gasteiger partial charge in [-0.1, -0.05) is 0 Å². The molecule has 2 aliphatic heterocycles. The van der Waals surface area contributed by atoms with E-state index in [1.54, 1.807) is 0 Å². The van der Waals surface area contributed by atoms with Crippen LogP contribution in [0.2, 0.25) is 0 Å². The summed E-state index contributed by atoms with van der Waals surface area (Å²) in [5.41, 5.74) is 0. The molecule has 0 aromatic rings. The number of aliphatic hydroxyl groups is 1. The molecule has 2 heterocycles. The van der Waals surface area contributed by atoms with E-state index in [0.29, 0.717) is 6.04 Å². The molecule has 2 fully saturated rings. The standard InChI is InChI=1S/C10H20N2O3S/c1-8-5-12(4-3-11(8)2)9-6-16(14,15)7-10(9)13/h8-10,13H,3-7H2,1-2H3. The van der Waals surface area contributed by atoms with E-state index in [-0.39, 0.29) is 17.5 Å². The van der Waals surface area contributed by atoms with Gasteiger partial charge in [-0.05, 0) is 14.0 Å². The third kappa shape index (κ3) is 2.40. The topological polar surface area (TPSA) is 60.9 Å². The van der Waals surface area contributed by atoms with Crippen molar-refractivity contribution in [1.82, 2.24) is 9.80 Å². The van der Waals surface area contributed by atoms with E-state index < -0.39 is 15.9 Å². The number of aliphatic hydroxyl groups excluding tert-OH is 1. The van der Waals surface area contributed by atoms with Gasteiger partial charge in [0.25, 0.3) is 0 Å². The average molecular weight is 248 g/mol. The first-order chi connectivity index (χ1) is 7.39. The molecule has 16 heavy (non-hydrogen) atoms. The molecular formula is C10H20N2O3S. The van der Waals surface area contributed by atoms with Crippen LogP contribution in [-0.4, -0.2) is 79.7 Å². The maximum Gasteiger partial charge on any atom is 0.154 e. The second kappa shape index (κ2) is 4.25. The van der Waals surface area contributed by atoms with Gasteiger partial charge in [0.05, 0.1) is 23.7 Å². The molecule has 0 radical (unpaired) electrons. The van der Waals surface area contributed by atoms with Crippen LogP contribution >= 0.6 is 0 Å². The van der Waals surface area contributed by atoms with E-state index in [1.165, 1.54) is 0 Å². The predicted molar refractivity (Wildman–Crippen MR) is 62.1 cm³/mol. The van der Waals surface area contributed by atoms with Crippen LogP contribution in [0.1, 0.15) is 6.92 Å². The van der Waals surface area contributed by atoms with Crippen molar-refractivity contribution in [3.63, 3.8) is 0 Å². The Labute approximate surface area is 97.0 Å². The molecule has 0 aliphatic carbocycles. The maximum atomic E-state index is 11.4. The molecule has 0 bridgehead atoms. The van der Waals surface area contributed by atoms with Gasteiger partial charge in [-0.2, -0.15) is 0 Å². The number of hydrogen-bond donors (Lipinski definition) is 1. The maximum absolute atomic E-state index is 11.4. The fraction of sp³-hybridized carbons (Fsp3) is 1.00. The van der Waals surface area contributed by atoms with Crippen LogP contribution in [-0.2, 0) is 9.84 Å². The summed E-state index contributed by atoms with van der Waals surface area (Å²) in [5.74, 6) is 0.0446. The van der Waals surface area contributed by atoms with Crippen molar-refractivity contribution < 1.29 is 13.5 Å². The Morgan fingerprint density at radius 3 is 2.44 bits per heavy atom. The first kappa shape index (κ1) is 12.3. The second-order valence-electron chi connectivity index (χ2n) is 5.04. The molecule has 3 unspecified atom stereocenters. The van der Waals surface area contributed by atoms with Gasteiger partial charge in [-0.15, -0.1) is 0 Å². The summed E-state index contributed by atoms with van der Waals surface area (Å²) < 4.78 is 22.9. The molecule has 0 aromatic carbocycles. The van der Waals surface area contributed by atoms with Crippen molar-refractivity contribution in [3.05, 3.63) is 0 Å². The quantitative estimate of drug-likeness (QED) is 0.630. The smallest absolute Gasteiger partial charge is 0.154 e. The lowest BCUT2D eigenvalue weighted by atomic mass is 10.1. The van der Waals surface area contributed by atoms with Gasteiger partial charge >= 0.3 is 0 Å². The molecule has 0 saturated carbocycles. The minimum absolute atomic E-state index is 0.0710. The minimum atomic E-state index is -3.03. The van der Waals surface area contributed by atoms with Crippen LogP contribution in [0.3, 0.4) is 0 Å². The number of hydrogen-bond acceptors (Lipinski definition) is 5. The fourth-order valence-electron chi connectivity index (χ4n) is 2.54. The zero-order chi connectivity index (χ0) is 11.9. The Balaban J connectivity index is 2.04. The van der Waals surface area contributed by atoms with Gasteiger partial charge in [-0.25, -0.2) is 8.42 Å². The molecule has 6 heteroatoms. The van der Waals surface area contributed by atoms with Crippen molar-refractivity contribution in [1.29, 1.82) is 0 Å². The molecule has 5 nitrogen and oxygen atoms in total. The van der Waals surface area contributed by atoms with Crippen LogP contribution < -0.4 is 0 Å². The third-order valence-corrected chi connectivity index (χ3v) is 5.45. The molecule has 0 aromatic heterocycles. The molecular weight excluding hydrogens is 228 g/mol. The summed E-state index contributed by atoms with van der Waals surface area (Å²) in [4.78, 5) is 4.38. The molecule has 2 saturated heterocycles. The molecule has 0 spiro atoms. The van der Waals surface area contributed by atoms with E-state index in [1.807, 2.05) is 0 Å². The Hall–Kier alpha value is -0.170. The van der Waals surface area contributed by atoms with Crippen molar-refractivity contribution >= 4 is 9.84 Å². The highest BCUT2D eigenvalue weighted by molar-refractivity contribution is 7.91. The predicted octanol–water partition coefficient (Wildman–Crippen LogP) is -1.22. The fourth-order valence-corrected chi connectivity index (χ4v) is 4.37. The zero-order valence-electron chi connectivity index (χ0n) is 9.83. The zero-order valence-corrected chi connectivity index (χ0v) is 10.7. The highest BCUT2D eigenvalue weighted by atomic mass is 32.2. The summed E-state index contributed by atoms with van der Waals surface area (Å²) >= 11 is 0. The van der Waals surface area contributed by atoms with Gasteiger partial charge in [0.2, 0.25) is 0 Å². The Morgan fingerprint density at radius 2 is 1.94 bits per heavy atom. The van der Waals surface area contributed by atoms with Gasteiger partial charge < -0.3 is 10.0 Å². The van der Waals surface area contributed by atoms with E-state index in [9.17, 15) is 13.5 Å². The summed E-state index contributed by atoms with van der Waals surface area (Å²) in [7, 11) is -0.957. The van der Waals surface area contributed by atoms with E-state index in [0.717, 1.165) is 19.6 Å². The number of likely N-dealkylation sites (N-methyl/N-ethyl adjacent to an activating group) is 1. The van der Waals surface area contributed by atoms with E-state index in [4.69, 9.17) is 0 Å². The second-order valence-corrected chi connectivity index (χ2v) is 7.19. The lowest BCUT2D eigenvalue weighted by Gasteiger charge is -2.41. The largest absolute Gasteiger partial charge is 0.390 e. The third-order valence-electron chi connectivity index (χ3n) is 3.75. The minimum Gasteiger partial charge on any atom is -0.390 e. The van der Waals surface area contributed by atoms with E-state index in [2.05, 4.69) is 23.8 Å². The van der Waals surface area contributed by atoms with Crippen LogP contribution in [0.25, 0.3) is 0 Å². The van der Waals surface area contributed by atoms with Gasteiger partial charge in [0, 0.05) is 25.7 Å². The first-order valence-corrected chi connectivity index (χ1v) is 7.54. The van der Waals surface area contributed by atoms with Crippen LogP contribution in [0.4, 0.5) is 0 Å². The van der Waals surface area contributed by atoms with Crippen molar-refractivity contribution in [3.8, 4) is 0 Å². The average Bonchev–Trinajstić information content (AvgIpc) is 2.45. The number of sulfone groups is 1.